The van der Waals surface area contributed by atoms with Crippen molar-refractivity contribution in [2.24, 2.45) is 5.41 Å². The molecule has 0 atom stereocenters. The van der Waals surface area contributed by atoms with Gasteiger partial charge in [-0.25, -0.2) is 4.79 Å². The number of carbonyl (C=O) groups is 1. The van der Waals surface area contributed by atoms with E-state index in [-0.39, 0.29) is 17.5 Å². The number of methoxy groups -OCH3 is 2. The van der Waals surface area contributed by atoms with Crippen molar-refractivity contribution < 1.29 is 24.1 Å². The number of benzene rings is 1. The normalized spacial score (nSPS) is 11.4. The van der Waals surface area contributed by atoms with Crippen LogP contribution in [0.25, 0.3) is 10.8 Å². The number of nitrogens with one attached hydrogen (secondary N) is 1. The van der Waals surface area contributed by atoms with E-state index in [0.717, 1.165) is 12.8 Å². The highest BCUT2D eigenvalue weighted by Gasteiger charge is 2.24. The number of fused-ring (bicyclic) bond motifs is 1. The summed E-state index contributed by atoms with van der Waals surface area (Å²) in [6.45, 7) is 8.92. The number of amides is 1. The van der Waals surface area contributed by atoms with E-state index in [4.69, 9.17) is 19.3 Å². The molecule has 0 aliphatic rings. The zero-order valence-electron chi connectivity index (χ0n) is 18.6. The minimum atomic E-state index is -1.17. The molecule has 0 aliphatic carbocycles. The number of rotatable bonds is 9. The monoisotopic (exact) mass is 420 g/mol. The fourth-order valence-corrected chi connectivity index (χ4v) is 3.25. The molecule has 1 aromatic carbocycles. The van der Waals surface area contributed by atoms with Crippen LogP contribution in [0.4, 0.5) is 4.79 Å². The van der Waals surface area contributed by atoms with Crippen molar-refractivity contribution in [3.8, 4) is 17.2 Å². The number of unbranched alkanes of at least 4 members (excludes halogenated alkanes) is 1. The van der Waals surface area contributed by atoms with Gasteiger partial charge in [0.25, 0.3) is 5.56 Å². The molecule has 1 aromatic heterocycles. The van der Waals surface area contributed by atoms with Gasteiger partial charge in [-0.1, -0.05) is 34.1 Å². The first-order valence-electron chi connectivity index (χ1n) is 10.0. The predicted octanol–water partition coefficient (Wildman–Crippen LogP) is 4.01. The summed E-state index contributed by atoms with van der Waals surface area (Å²) in [7, 11) is 3.04. The fourth-order valence-electron chi connectivity index (χ4n) is 3.25. The maximum absolute atomic E-state index is 13.5. The third kappa shape index (κ3) is 5.37. The van der Waals surface area contributed by atoms with Crippen LogP contribution >= 0.6 is 0 Å². The molecule has 2 aromatic rings. The Morgan fingerprint density at radius 1 is 1.13 bits per heavy atom. The van der Waals surface area contributed by atoms with E-state index >= 15 is 0 Å². The van der Waals surface area contributed by atoms with Gasteiger partial charge in [-0.15, -0.1) is 0 Å². The summed E-state index contributed by atoms with van der Waals surface area (Å²) in [6.07, 6.45) is 0.606. The molecule has 8 heteroatoms. The van der Waals surface area contributed by atoms with Gasteiger partial charge in [0.15, 0.2) is 11.5 Å². The summed E-state index contributed by atoms with van der Waals surface area (Å²) < 4.78 is 18.5. The minimum Gasteiger partial charge on any atom is -0.493 e. The van der Waals surface area contributed by atoms with Crippen LogP contribution in [-0.4, -0.2) is 36.6 Å². The second-order valence-corrected chi connectivity index (χ2v) is 8.34. The van der Waals surface area contributed by atoms with Crippen LogP contribution in [0.5, 0.6) is 17.2 Å². The summed E-state index contributed by atoms with van der Waals surface area (Å²) in [5.41, 5.74) is 0.0475. The van der Waals surface area contributed by atoms with E-state index in [1.54, 1.807) is 16.7 Å². The molecule has 0 bridgehead atoms. The summed E-state index contributed by atoms with van der Waals surface area (Å²) in [6, 6.07) is 3.36. The van der Waals surface area contributed by atoms with Gasteiger partial charge >= 0.3 is 6.09 Å². The Hall–Kier alpha value is -2.90. The lowest BCUT2D eigenvalue weighted by Crippen LogP contribution is -2.33. The summed E-state index contributed by atoms with van der Waals surface area (Å²) in [4.78, 5) is 24.7. The number of aromatic nitrogens is 1. The zero-order chi connectivity index (χ0) is 22.5. The van der Waals surface area contributed by atoms with E-state index in [1.165, 1.54) is 14.2 Å². The number of hydrogen-bond donors (Lipinski definition) is 2. The molecule has 166 valence electrons. The highest BCUT2D eigenvalue weighted by atomic mass is 16.5. The average Bonchev–Trinajstić information content (AvgIpc) is 2.68. The lowest BCUT2D eigenvalue weighted by molar-refractivity contribution is 0.193. The molecule has 8 nitrogen and oxygen atoms in total. The maximum atomic E-state index is 13.5. The minimum absolute atomic E-state index is 0.0492. The molecule has 0 fully saturated rings. The number of pyridine rings is 1. The van der Waals surface area contributed by atoms with Crippen LogP contribution in [0.2, 0.25) is 0 Å². The first-order chi connectivity index (χ1) is 14.1. The molecule has 0 spiro atoms. The van der Waals surface area contributed by atoms with E-state index in [1.807, 2.05) is 20.8 Å². The van der Waals surface area contributed by atoms with Crippen molar-refractivity contribution in [1.29, 1.82) is 0 Å². The smallest absolute Gasteiger partial charge is 0.404 e. The van der Waals surface area contributed by atoms with E-state index < -0.39 is 6.09 Å². The molecule has 0 radical (unpaired) electrons. The topological polar surface area (TPSA) is 99.0 Å². The van der Waals surface area contributed by atoms with Gasteiger partial charge < -0.3 is 29.2 Å². The molecule has 0 saturated carbocycles. The highest BCUT2D eigenvalue weighted by molar-refractivity contribution is 5.91. The van der Waals surface area contributed by atoms with E-state index in [9.17, 15) is 9.59 Å². The molecule has 30 heavy (non-hydrogen) atoms. The standard InChI is InChI=1S/C22H32N2O6/c1-7-8-9-30-19-14-10-17(28-5)18(29-6)11-15(14)20(25)24(13-22(2,3)4)16(19)12-23-21(26)27/h10-11,23H,7-9,12-13H2,1-6H3,(H,26,27). The second-order valence-electron chi connectivity index (χ2n) is 8.34. The number of carboxylic acid groups (broad SMARTS) is 1. The number of nitrogens with zero attached hydrogens (tertiary/aromatic N) is 1. The zero-order valence-corrected chi connectivity index (χ0v) is 18.6. The first kappa shape index (κ1) is 23.4. The quantitative estimate of drug-likeness (QED) is 0.595. The lowest BCUT2D eigenvalue weighted by Gasteiger charge is -2.26. The van der Waals surface area contributed by atoms with Gasteiger partial charge in [0, 0.05) is 11.9 Å². The Morgan fingerprint density at radius 2 is 1.73 bits per heavy atom. The van der Waals surface area contributed by atoms with Crippen molar-refractivity contribution in [2.75, 3.05) is 20.8 Å². The second kappa shape index (κ2) is 9.73. The van der Waals surface area contributed by atoms with Crippen molar-refractivity contribution in [3.05, 3.63) is 28.2 Å². The van der Waals surface area contributed by atoms with Gasteiger partial charge in [0.2, 0.25) is 0 Å². The average molecular weight is 421 g/mol. The van der Waals surface area contributed by atoms with Gasteiger partial charge in [-0.2, -0.15) is 0 Å². The Labute approximate surface area is 176 Å². The summed E-state index contributed by atoms with van der Waals surface area (Å²) >= 11 is 0. The van der Waals surface area contributed by atoms with E-state index in [0.29, 0.717) is 46.9 Å². The molecule has 1 amide bonds. The third-order valence-electron chi connectivity index (χ3n) is 4.62. The largest absolute Gasteiger partial charge is 0.493 e. The molecular weight excluding hydrogens is 388 g/mol. The molecule has 2 rings (SSSR count). The van der Waals surface area contributed by atoms with Gasteiger partial charge in [0.1, 0.15) is 5.75 Å². The highest BCUT2D eigenvalue weighted by Crippen LogP contribution is 2.37. The molecule has 0 unspecified atom stereocenters. The molecular formula is C22H32N2O6. The Morgan fingerprint density at radius 3 is 2.23 bits per heavy atom. The van der Waals surface area contributed by atoms with Crippen molar-refractivity contribution in [2.45, 2.75) is 53.6 Å². The summed E-state index contributed by atoms with van der Waals surface area (Å²) in [5.74, 6) is 1.40. The van der Waals surface area contributed by atoms with Gasteiger partial charge in [-0.3, -0.25) is 4.79 Å². The molecule has 1 heterocycles. The molecule has 2 N–H and O–H groups in total. The van der Waals surface area contributed by atoms with Crippen molar-refractivity contribution in [3.63, 3.8) is 0 Å². The van der Waals surface area contributed by atoms with Crippen molar-refractivity contribution in [1.82, 2.24) is 9.88 Å². The van der Waals surface area contributed by atoms with Gasteiger partial charge in [-0.05, 0) is 24.0 Å². The molecule has 0 saturated heterocycles. The summed E-state index contributed by atoms with van der Waals surface area (Å²) in [5, 5.41) is 12.5. The van der Waals surface area contributed by atoms with Crippen LogP contribution in [0.3, 0.4) is 0 Å². The van der Waals surface area contributed by atoms with Gasteiger partial charge in [0.05, 0.1) is 38.5 Å². The lowest BCUT2D eigenvalue weighted by atomic mass is 9.96. The van der Waals surface area contributed by atoms with Crippen LogP contribution in [-0.2, 0) is 13.1 Å². The SMILES string of the molecule is CCCCOc1c(CNC(=O)O)n(CC(C)(C)C)c(=O)c2cc(OC)c(OC)cc12. The predicted molar refractivity (Wildman–Crippen MR) is 116 cm³/mol. The van der Waals surface area contributed by atoms with Crippen LogP contribution in [0, 0.1) is 5.41 Å². The Balaban J connectivity index is 2.87. The fraction of sp³-hybridized carbons (Fsp3) is 0.545. The Bertz CT molecular complexity index is 959. The first-order valence-corrected chi connectivity index (χ1v) is 10.0. The van der Waals surface area contributed by atoms with Crippen LogP contribution in [0.1, 0.15) is 46.2 Å². The van der Waals surface area contributed by atoms with Crippen molar-refractivity contribution >= 4 is 16.9 Å². The van der Waals surface area contributed by atoms with Crippen LogP contribution in [0.15, 0.2) is 16.9 Å². The van der Waals surface area contributed by atoms with E-state index in [2.05, 4.69) is 12.2 Å². The number of ether oxygens (including phenoxy) is 3. The number of hydrogen-bond acceptors (Lipinski definition) is 5. The Kier molecular flexibility index (Phi) is 7.59. The molecule has 0 aliphatic heterocycles. The third-order valence-corrected chi connectivity index (χ3v) is 4.62. The maximum Gasteiger partial charge on any atom is 0.404 e. The van der Waals surface area contributed by atoms with Crippen LogP contribution < -0.4 is 25.1 Å².